The van der Waals surface area contributed by atoms with Gasteiger partial charge in [-0.2, -0.15) is 0 Å². The molecule has 1 aromatic carbocycles. The fourth-order valence-electron chi connectivity index (χ4n) is 1.82. The second-order valence-electron chi connectivity index (χ2n) is 7.17. The zero-order valence-corrected chi connectivity index (χ0v) is 16.9. The van der Waals surface area contributed by atoms with Gasteiger partial charge in [0.15, 0.2) is 19.8 Å². The van der Waals surface area contributed by atoms with Crippen molar-refractivity contribution in [2.45, 2.75) is 45.3 Å². The van der Waals surface area contributed by atoms with Crippen LogP contribution in [0.15, 0.2) is 18.2 Å². The van der Waals surface area contributed by atoms with Gasteiger partial charge in [0, 0.05) is 13.0 Å². The van der Waals surface area contributed by atoms with Gasteiger partial charge < -0.3 is 18.6 Å². The smallest absolute Gasteiger partial charge is 0.337 e. The van der Waals surface area contributed by atoms with Crippen LogP contribution < -0.4 is 9.47 Å². The molecule has 0 aliphatic carbocycles. The molecular formula is C18H30O5Si. The van der Waals surface area contributed by atoms with E-state index in [1.54, 1.807) is 25.3 Å². The summed E-state index contributed by atoms with van der Waals surface area (Å²) in [6, 6.07) is 5.00. The third-order valence-electron chi connectivity index (χ3n) is 4.40. The van der Waals surface area contributed by atoms with E-state index < -0.39 is 14.3 Å². The van der Waals surface area contributed by atoms with Gasteiger partial charge >= 0.3 is 5.97 Å². The van der Waals surface area contributed by atoms with E-state index in [0.29, 0.717) is 30.3 Å². The second-order valence-corrected chi connectivity index (χ2v) is 12.0. The van der Waals surface area contributed by atoms with Crippen LogP contribution in [0.25, 0.3) is 0 Å². The average molecular weight is 355 g/mol. The molecule has 6 heteroatoms. The van der Waals surface area contributed by atoms with Gasteiger partial charge in [-0.05, 0) is 36.3 Å². The van der Waals surface area contributed by atoms with Crippen molar-refractivity contribution in [1.29, 1.82) is 0 Å². The maximum absolute atomic E-state index is 11.5. The quantitative estimate of drug-likeness (QED) is 0.396. The summed E-state index contributed by atoms with van der Waals surface area (Å²) >= 11 is 0. The van der Waals surface area contributed by atoms with Gasteiger partial charge in [-0.25, -0.2) is 4.79 Å². The lowest BCUT2D eigenvalue weighted by Gasteiger charge is -2.36. The molecule has 0 heterocycles. The number of rotatable bonds is 8. The van der Waals surface area contributed by atoms with E-state index in [0.717, 1.165) is 6.42 Å². The highest BCUT2D eigenvalue weighted by Gasteiger charge is 2.36. The summed E-state index contributed by atoms with van der Waals surface area (Å²) in [5.74, 6) is 0.725. The second kappa shape index (κ2) is 8.53. The molecule has 0 aromatic heterocycles. The molecule has 0 aliphatic heterocycles. The third-order valence-corrected chi connectivity index (χ3v) is 8.94. The van der Waals surface area contributed by atoms with E-state index in [1.165, 1.54) is 7.11 Å². The normalized spacial score (nSPS) is 12.0. The Labute approximate surface area is 146 Å². The number of carbonyl (C=O) groups excluding carboxylic acids is 1. The monoisotopic (exact) mass is 354 g/mol. The molecule has 5 nitrogen and oxygen atoms in total. The summed E-state index contributed by atoms with van der Waals surface area (Å²) in [7, 11) is 1.19. The van der Waals surface area contributed by atoms with E-state index >= 15 is 0 Å². The predicted octanol–water partition coefficient (Wildman–Crippen LogP) is 4.27. The molecule has 0 spiro atoms. The number of carbonyl (C=O) groups is 1. The zero-order valence-electron chi connectivity index (χ0n) is 15.9. The molecule has 0 unspecified atom stereocenters. The molecule has 0 saturated carbocycles. The molecular weight excluding hydrogens is 324 g/mol. The first-order valence-corrected chi connectivity index (χ1v) is 11.1. The van der Waals surface area contributed by atoms with Gasteiger partial charge in [0.1, 0.15) is 0 Å². The fraction of sp³-hybridized carbons (Fsp3) is 0.611. The molecule has 0 fully saturated rings. The first-order chi connectivity index (χ1) is 11.1. The average Bonchev–Trinajstić information content (AvgIpc) is 2.52. The van der Waals surface area contributed by atoms with E-state index in [4.69, 9.17) is 18.6 Å². The number of methoxy groups -OCH3 is 2. The first-order valence-electron chi connectivity index (χ1n) is 8.15. The van der Waals surface area contributed by atoms with Crippen LogP contribution in [0.1, 0.15) is 37.6 Å². The molecule has 24 heavy (non-hydrogen) atoms. The topological polar surface area (TPSA) is 54.0 Å². The first kappa shape index (κ1) is 20.5. The van der Waals surface area contributed by atoms with Crippen molar-refractivity contribution in [2.75, 3.05) is 27.4 Å². The SMILES string of the molecule is COC(=O)c1ccc(OCCCO[Si](C)(C)C(C)(C)C)c(OC)c1. The highest BCUT2D eigenvalue weighted by molar-refractivity contribution is 6.74. The summed E-state index contributed by atoms with van der Waals surface area (Å²) in [6.45, 7) is 12.4. The summed E-state index contributed by atoms with van der Waals surface area (Å²) in [5, 5.41) is 0.209. The van der Waals surface area contributed by atoms with Crippen molar-refractivity contribution < 1.29 is 23.4 Å². The van der Waals surface area contributed by atoms with E-state index in [9.17, 15) is 4.79 Å². The lowest BCUT2D eigenvalue weighted by molar-refractivity contribution is 0.0600. The minimum Gasteiger partial charge on any atom is -0.493 e. The van der Waals surface area contributed by atoms with Gasteiger partial charge in [-0.15, -0.1) is 0 Å². The lowest BCUT2D eigenvalue weighted by atomic mass is 10.2. The van der Waals surface area contributed by atoms with Crippen molar-refractivity contribution in [3.63, 3.8) is 0 Å². The largest absolute Gasteiger partial charge is 0.493 e. The fourth-order valence-corrected chi connectivity index (χ4v) is 2.90. The molecule has 0 bridgehead atoms. The Morgan fingerprint density at radius 3 is 2.29 bits per heavy atom. The minimum atomic E-state index is -1.71. The van der Waals surface area contributed by atoms with Gasteiger partial charge in [-0.3, -0.25) is 0 Å². The molecule has 1 rings (SSSR count). The number of esters is 1. The molecule has 0 radical (unpaired) electrons. The van der Waals surface area contributed by atoms with Crippen LogP contribution in [0.3, 0.4) is 0 Å². The van der Waals surface area contributed by atoms with E-state index in [2.05, 4.69) is 33.9 Å². The van der Waals surface area contributed by atoms with Crippen LogP contribution in [-0.2, 0) is 9.16 Å². The van der Waals surface area contributed by atoms with E-state index in [-0.39, 0.29) is 5.04 Å². The van der Waals surface area contributed by atoms with Crippen LogP contribution in [-0.4, -0.2) is 41.7 Å². The Bertz CT molecular complexity index is 549. The molecule has 0 aliphatic rings. The Hall–Kier alpha value is -1.53. The van der Waals surface area contributed by atoms with Gasteiger partial charge in [0.2, 0.25) is 0 Å². The Balaban J connectivity index is 2.52. The molecule has 0 saturated heterocycles. The number of hydrogen-bond donors (Lipinski definition) is 0. The summed E-state index contributed by atoms with van der Waals surface area (Å²) in [6.07, 6.45) is 0.800. The third kappa shape index (κ3) is 5.53. The van der Waals surface area contributed by atoms with Gasteiger partial charge in [-0.1, -0.05) is 20.8 Å². The molecule has 0 amide bonds. The Morgan fingerprint density at radius 1 is 1.08 bits per heavy atom. The molecule has 1 aromatic rings. The van der Waals surface area contributed by atoms with Crippen LogP contribution in [0, 0.1) is 0 Å². The summed E-state index contributed by atoms with van der Waals surface area (Å²) < 4.78 is 21.9. The predicted molar refractivity (Wildman–Crippen MR) is 97.6 cm³/mol. The number of hydrogen-bond acceptors (Lipinski definition) is 5. The highest BCUT2D eigenvalue weighted by Crippen LogP contribution is 2.36. The number of benzene rings is 1. The van der Waals surface area contributed by atoms with E-state index in [1.807, 2.05) is 0 Å². The summed E-state index contributed by atoms with van der Waals surface area (Å²) in [4.78, 5) is 11.5. The van der Waals surface area contributed by atoms with Crippen LogP contribution in [0.4, 0.5) is 0 Å². The van der Waals surface area contributed by atoms with Crippen molar-refractivity contribution >= 4 is 14.3 Å². The standard InChI is InChI=1S/C18H30O5Si/c1-18(2,3)24(6,7)23-12-8-11-22-15-10-9-14(17(19)21-5)13-16(15)20-4/h9-10,13H,8,11-12H2,1-7H3. The zero-order chi connectivity index (χ0) is 18.4. The summed E-state index contributed by atoms with van der Waals surface area (Å²) in [5.41, 5.74) is 0.433. The van der Waals surface area contributed by atoms with Crippen molar-refractivity contribution in [3.8, 4) is 11.5 Å². The maximum atomic E-state index is 11.5. The molecule has 0 N–H and O–H groups in total. The minimum absolute atomic E-state index is 0.209. The lowest BCUT2D eigenvalue weighted by Crippen LogP contribution is -2.41. The molecule has 136 valence electrons. The van der Waals surface area contributed by atoms with Gasteiger partial charge in [0.25, 0.3) is 0 Å². The molecule has 0 atom stereocenters. The van der Waals surface area contributed by atoms with Gasteiger partial charge in [0.05, 0.1) is 26.4 Å². The number of ether oxygens (including phenoxy) is 3. The Kier molecular flexibility index (Phi) is 7.29. The van der Waals surface area contributed by atoms with Crippen molar-refractivity contribution in [2.24, 2.45) is 0 Å². The maximum Gasteiger partial charge on any atom is 0.337 e. The van der Waals surface area contributed by atoms with Crippen LogP contribution in [0.2, 0.25) is 18.1 Å². The van der Waals surface area contributed by atoms with Crippen LogP contribution in [0.5, 0.6) is 11.5 Å². The highest BCUT2D eigenvalue weighted by atomic mass is 28.4. The van der Waals surface area contributed by atoms with Crippen LogP contribution >= 0.6 is 0 Å². The van der Waals surface area contributed by atoms with Crippen molar-refractivity contribution in [1.82, 2.24) is 0 Å². The van der Waals surface area contributed by atoms with Crippen molar-refractivity contribution in [3.05, 3.63) is 23.8 Å². The Morgan fingerprint density at radius 2 is 1.75 bits per heavy atom.